The molecule has 0 spiro atoms. The van der Waals surface area contributed by atoms with Gasteiger partial charge in [-0.25, -0.2) is 18.6 Å². The predicted molar refractivity (Wildman–Crippen MR) is 91.9 cm³/mol. The van der Waals surface area contributed by atoms with Crippen LogP contribution in [0.3, 0.4) is 0 Å². The molecule has 1 aromatic heterocycles. The van der Waals surface area contributed by atoms with E-state index >= 15 is 0 Å². The number of carbonyl (C=O) groups excluding carboxylic acids is 1. The van der Waals surface area contributed by atoms with E-state index in [0.29, 0.717) is 12.0 Å². The first-order valence-electron chi connectivity index (χ1n) is 7.72. The van der Waals surface area contributed by atoms with Gasteiger partial charge in [-0.05, 0) is 31.5 Å². The van der Waals surface area contributed by atoms with Gasteiger partial charge in [-0.1, -0.05) is 18.8 Å². The zero-order valence-corrected chi connectivity index (χ0v) is 14.2. The Balaban J connectivity index is 2.56. The molecule has 0 bridgehead atoms. The number of hydrogen-bond donors (Lipinski definition) is 1. The minimum Gasteiger partial charge on any atom is -0.464 e. The van der Waals surface area contributed by atoms with Crippen LogP contribution in [0.4, 0.5) is 14.5 Å². The number of nitrogen functional groups attached to an aromatic ring is 1. The molecule has 2 N–H and O–H groups in total. The fourth-order valence-corrected chi connectivity index (χ4v) is 2.18. The molecule has 25 heavy (non-hydrogen) atoms. The molecule has 0 fully saturated rings. The molecule has 2 rings (SSSR count). The summed E-state index contributed by atoms with van der Waals surface area (Å²) in [5.41, 5.74) is 6.40. The molecule has 0 aliphatic heterocycles. The van der Waals surface area contributed by atoms with Crippen LogP contribution in [0.15, 0.2) is 18.2 Å². The number of methoxy groups -OCH3 is 1. The van der Waals surface area contributed by atoms with Crippen LogP contribution >= 0.6 is 0 Å². The lowest BCUT2D eigenvalue weighted by Gasteiger charge is -2.11. The molecule has 0 radical (unpaired) electrons. The summed E-state index contributed by atoms with van der Waals surface area (Å²) in [5.74, 6) is 3.32. The highest BCUT2D eigenvalue weighted by Crippen LogP contribution is 2.28. The Bertz CT molecular complexity index is 883. The molecule has 0 amide bonds. The molecule has 6 heteroatoms. The fourth-order valence-electron chi connectivity index (χ4n) is 2.18. The number of carbonyl (C=O) groups is 1. The average Bonchev–Trinajstić information content (AvgIpc) is 2.59. The first kappa shape index (κ1) is 18.4. The van der Waals surface area contributed by atoms with Crippen LogP contribution in [0.2, 0.25) is 0 Å². The van der Waals surface area contributed by atoms with Crippen molar-refractivity contribution < 1.29 is 18.3 Å². The summed E-state index contributed by atoms with van der Waals surface area (Å²) in [5, 5.41) is 0. The predicted octanol–water partition coefficient (Wildman–Crippen LogP) is 3.86. The summed E-state index contributed by atoms with van der Waals surface area (Å²) in [6, 6.07) is 3.41. The van der Waals surface area contributed by atoms with Crippen molar-refractivity contribution in [1.29, 1.82) is 0 Å². The standard InChI is InChI=1S/C19H18F2N2O2/c1-4-5-6-7-12-8-15(21)13(9-14(12)20)17-10-16(22)11(2)18(23-17)19(24)25-3/h8-10H,4-5H2,1-3H3,(H2,22,23). The lowest BCUT2D eigenvalue weighted by Crippen LogP contribution is -2.10. The minimum absolute atomic E-state index is 0.0250. The number of hydrogen-bond acceptors (Lipinski definition) is 4. The van der Waals surface area contributed by atoms with E-state index in [4.69, 9.17) is 5.73 Å². The molecule has 0 saturated heterocycles. The van der Waals surface area contributed by atoms with E-state index in [2.05, 4.69) is 21.6 Å². The molecule has 1 aromatic carbocycles. The van der Waals surface area contributed by atoms with Gasteiger partial charge < -0.3 is 10.5 Å². The van der Waals surface area contributed by atoms with Crippen molar-refractivity contribution in [3.63, 3.8) is 0 Å². The Morgan fingerprint density at radius 2 is 2.00 bits per heavy atom. The summed E-state index contributed by atoms with van der Waals surface area (Å²) >= 11 is 0. The van der Waals surface area contributed by atoms with Crippen molar-refractivity contribution in [1.82, 2.24) is 4.98 Å². The first-order chi connectivity index (χ1) is 11.9. The lowest BCUT2D eigenvalue weighted by molar-refractivity contribution is 0.0593. The number of halogens is 2. The monoisotopic (exact) mass is 344 g/mol. The van der Waals surface area contributed by atoms with E-state index in [1.54, 1.807) is 6.92 Å². The number of nitrogens with two attached hydrogens (primary N) is 1. The second kappa shape index (κ2) is 7.75. The number of unbranched alkanes of at least 4 members (excludes halogenated alkanes) is 1. The summed E-state index contributed by atoms with van der Waals surface area (Å²) in [4.78, 5) is 15.9. The van der Waals surface area contributed by atoms with Gasteiger partial charge in [-0.3, -0.25) is 0 Å². The SMILES string of the molecule is CCCC#Cc1cc(F)c(-c2cc(N)c(C)c(C(=O)OC)n2)cc1F. The highest BCUT2D eigenvalue weighted by molar-refractivity contribution is 5.91. The lowest BCUT2D eigenvalue weighted by atomic mass is 10.0. The van der Waals surface area contributed by atoms with E-state index in [0.717, 1.165) is 18.6 Å². The smallest absolute Gasteiger partial charge is 0.357 e. The Labute approximate surface area is 145 Å². The van der Waals surface area contributed by atoms with Gasteiger partial charge in [0.05, 0.1) is 18.4 Å². The number of anilines is 1. The molecule has 130 valence electrons. The second-order valence-electron chi connectivity index (χ2n) is 5.43. The molecular weight excluding hydrogens is 326 g/mol. The Hall–Kier alpha value is -2.94. The molecule has 2 aromatic rings. The molecule has 0 unspecified atom stereocenters. The number of aromatic nitrogens is 1. The molecule has 0 atom stereocenters. The number of benzene rings is 1. The normalized spacial score (nSPS) is 10.1. The van der Waals surface area contributed by atoms with Gasteiger partial charge in [-0.15, -0.1) is 0 Å². The Morgan fingerprint density at radius 1 is 1.28 bits per heavy atom. The van der Waals surface area contributed by atoms with Crippen molar-refractivity contribution in [3.8, 4) is 23.1 Å². The van der Waals surface area contributed by atoms with Gasteiger partial charge >= 0.3 is 5.97 Å². The van der Waals surface area contributed by atoms with Crippen LogP contribution in [-0.4, -0.2) is 18.1 Å². The topological polar surface area (TPSA) is 65.2 Å². The molecule has 0 saturated carbocycles. The van der Waals surface area contributed by atoms with E-state index < -0.39 is 17.6 Å². The molecule has 0 aliphatic carbocycles. The number of pyridine rings is 1. The average molecular weight is 344 g/mol. The number of rotatable bonds is 3. The van der Waals surface area contributed by atoms with E-state index in [-0.39, 0.29) is 28.2 Å². The molecule has 1 heterocycles. The summed E-state index contributed by atoms with van der Waals surface area (Å²) in [6.07, 6.45) is 1.43. The van der Waals surface area contributed by atoms with Crippen molar-refractivity contribution in [2.45, 2.75) is 26.7 Å². The molecule has 0 aliphatic rings. The quantitative estimate of drug-likeness (QED) is 0.678. The van der Waals surface area contributed by atoms with Crippen molar-refractivity contribution in [3.05, 3.63) is 46.7 Å². The van der Waals surface area contributed by atoms with E-state index in [9.17, 15) is 13.6 Å². The van der Waals surface area contributed by atoms with Crippen LogP contribution in [0.1, 0.15) is 41.4 Å². The molecule has 4 nitrogen and oxygen atoms in total. The number of nitrogens with zero attached hydrogens (tertiary/aromatic N) is 1. The number of esters is 1. The van der Waals surface area contributed by atoms with Gasteiger partial charge in [0.25, 0.3) is 0 Å². The minimum atomic E-state index is -0.700. The maximum atomic E-state index is 14.4. The van der Waals surface area contributed by atoms with Crippen LogP contribution in [0, 0.1) is 30.4 Å². The zero-order chi connectivity index (χ0) is 18.6. The van der Waals surface area contributed by atoms with Gasteiger partial charge in [0.15, 0.2) is 5.69 Å². The summed E-state index contributed by atoms with van der Waals surface area (Å²) < 4.78 is 33.3. The zero-order valence-electron chi connectivity index (χ0n) is 14.2. The van der Waals surface area contributed by atoms with Crippen LogP contribution in [0.25, 0.3) is 11.3 Å². The summed E-state index contributed by atoms with van der Waals surface area (Å²) in [7, 11) is 1.20. The fraction of sp³-hybridized carbons (Fsp3) is 0.263. The van der Waals surface area contributed by atoms with Gasteiger partial charge in [-0.2, -0.15) is 0 Å². The first-order valence-corrected chi connectivity index (χ1v) is 7.72. The van der Waals surface area contributed by atoms with Gasteiger partial charge in [0, 0.05) is 23.2 Å². The van der Waals surface area contributed by atoms with Crippen LogP contribution in [-0.2, 0) is 4.74 Å². The van der Waals surface area contributed by atoms with Gasteiger partial charge in [0.2, 0.25) is 0 Å². The third-order valence-electron chi connectivity index (χ3n) is 3.62. The van der Waals surface area contributed by atoms with Crippen molar-refractivity contribution in [2.75, 3.05) is 12.8 Å². The van der Waals surface area contributed by atoms with Crippen molar-refractivity contribution >= 4 is 11.7 Å². The molecular formula is C19H18F2N2O2. The maximum Gasteiger partial charge on any atom is 0.357 e. The van der Waals surface area contributed by atoms with Crippen LogP contribution < -0.4 is 5.73 Å². The third-order valence-corrected chi connectivity index (χ3v) is 3.62. The largest absolute Gasteiger partial charge is 0.464 e. The summed E-state index contributed by atoms with van der Waals surface area (Å²) in [6.45, 7) is 3.54. The van der Waals surface area contributed by atoms with Gasteiger partial charge in [0.1, 0.15) is 11.6 Å². The second-order valence-corrected chi connectivity index (χ2v) is 5.43. The maximum absolute atomic E-state index is 14.4. The third kappa shape index (κ3) is 3.94. The Morgan fingerprint density at radius 3 is 2.64 bits per heavy atom. The highest BCUT2D eigenvalue weighted by atomic mass is 19.1. The van der Waals surface area contributed by atoms with Crippen LogP contribution in [0.5, 0.6) is 0 Å². The van der Waals surface area contributed by atoms with E-state index in [1.807, 2.05) is 6.92 Å². The van der Waals surface area contributed by atoms with Crippen molar-refractivity contribution in [2.24, 2.45) is 0 Å². The highest BCUT2D eigenvalue weighted by Gasteiger charge is 2.18. The number of ether oxygens (including phenoxy) is 1. The van der Waals surface area contributed by atoms with E-state index in [1.165, 1.54) is 13.2 Å². The Kier molecular flexibility index (Phi) is 5.71.